The van der Waals surface area contributed by atoms with E-state index in [-0.39, 0.29) is 35.7 Å². The number of hydrogen-bond donors (Lipinski definition) is 1. The van der Waals surface area contributed by atoms with Gasteiger partial charge in [-0.05, 0) is 25.0 Å². The largest absolute Gasteiger partial charge is 0.377 e. The second-order valence-corrected chi connectivity index (χ2v) is 6.15. The number of ether oxygens (including phenoxy) is 1. The maximum absolute atomic E-state index is 12.1. The van der Waals surface area contributed by atoms with Gasteiger partial charge in [-0.3, -0.25) is 24.6 Å². The lowest BCUT2D eigenvalue weighted by atomic mass is 10.1. The van der Waals surface area contributed by atoms with Crippen molar-refractivity contribution in [2.24, 2.45) is 5.92 Å². The summed E-state index contributed by atoms with van der Waals surface area (Å²) in [5.74, 6) is -1.05. The van der Waals surface area contributed by atoms with E-state index in [1.165, 1.54) is 12.1 Å². The highest BCUT2D eigenvalue weighted by Gasteiger charge is 2.37. The topological polar surface area (TPSA) is 102 Å². The zero-order valence-electron chi connectivity index (χ0n) is 13.4. The van der Waals surface area contributed by atoms with Gasteiger partial charge in [-0.2, -0.15) is 0 Å². The summed E-state index contributed by atoms with van der Waals surface area (Å²) in [4.78, 5) is 35.9. The molecule has 2 saturated heterocycles. The molecular weight excluding hydrogens is 314 g/mol. The molecule has 2 atom stereocenters. The molecule has 0 spiro atoms. The Morgan fingerprint density at radius 3 is 2.79 bits per heavy atom. The summed E-state index contributed by atoms with van der Waals surface area (Å²) in [7, 11) is 0. The van der Waals surface area contributed by atoms with Gasteiger partial charge in [0.1, 0.15) is 5.69 Å². The van der Waals surface area contributed by atoms with Crippen LogP contribution in [-0.2, 0) is 14.3 Å². The van der Waals surface area contributed by atoms with Crippen LogP contribution in [0.5, 0.6) is 0 Å². The fourth-order valence-electron chi connectivity index (χ4n) is 3.04. The highest BCUT2D eigenvalue weighted by Crippen LogP contribution is 2.33. The molecule has 1 aromatic carbocycles. The number of rotatable bonds is 5. The van der Waals surface area contributed by atoms with Gasteiger partial charge in [0.05, 0.1) is 16.7 Å². The zero-order valence-corrected chi connectivity index (χ0v) is 13.4. The molecule has 0 radical (unpaired) electrons. The minimum absolute atomic E-state index is 0.0480. The third-order valence-electron chi connectivity index (χ3n) is 4.35. The Hall–Kier alpha value is -2.48. The van der Waals surface area contributed by atoms with Crippen LogP contribution in [0.2, 0.25) is 0 Å². The van der Waals surface area contributed by atoms with Crippen molar-refractivity contribution in [1.29, 1.82) is 0 Å². The number of carbonyl (C=O) groups excluding carboxylic acids is 2. The van der Waals surface area contributed by atoms with Gasteiger partial charge in [0.25, 0.3) is 5.69 Å². The van der Waals surface area contributed by atoms with Gasteiger partial charge in [-0.1, -0.05) is 6.92 Å². The number of imide groups is 1. The predicted octanol–water partition coefficient (Wildman–Crippen LogP) is 2.09. The molecule has 3 rings (SSSR count). The highest BCUT2D eigenvalue weighted by molar-refractivity contribution is 6.21. The van der Waals surface area contributed by atoms with Crippen LogP contribution in [0.3, 0.4) is 0 Å². The first kappa shape index (κ1) is 16.4. The maximum Gasteiger partial charge on any atom is 0.294 e. The highest BCUT2D eigenvalue weighted by atomic mass is 16.6. The summed E-state index contributed by atoms with van der Waals surface area (Å²) in [6.07, 6.45) is 2.09. The van der Waals surface area contributed by atoms with E-state index in [4.69, 9.17) is 4.74 Å². The molecule has 2 aliphatic rings. The van der Waals surface area contributed by atoms with Crippen LogP contribution >= 0.6 is 0 Å². The van der Waals surface area contributed by atoms with Gasteiger partial charge in [0, 0.05) is 31.6 Å². The van der Waals surface area contributed by atoms with E-state index in [1.807, 2.05) is 0 Å². The quantitative estimate of drug-likeness (QED) is 0.503. The Bertz CT molecular complexity index is 684. The molecule has 1 N–H and O–H groups in total. The molecule has 2 amide bonds. The summed E-state index contributed by atoms with van der Waals surface area (Å²) >= 11 is 0. The number of carbonyl (C=O) groups is 2. The van der Waals surface area contributed by atoms with Gasteiger partial charge in [-0.15, -0.1) is 0 Å². The first-order valence-electron chi connectivity index (χ1n) is 7.98. The number of nitro groups is 1. The molecule has 0 aliphatic carbocycles. The third kappa shape index (κ3) is 3.09. The Balaban J connectivity index is 1.83. The van der Waals surface area contributed by atoms with Crippen molar-refractivity contribution in [3.63, 3.8) is 0 Å². The number of amides is 2. The molecule has 0 bridgehead atoms. The van der Waals surface area contributed by atoms with E-state index in [9.17, 15) is 19.7 Å². The van der Waals surface area contributed by atoms with E-state index in [1.54, 1.807) is 13.0 Å². The minimum Gasteiger partial charge on any atom is -0.377 e. The number of nitrogens with one attached hydrogen (secondary N) is 1. The van der Waals surface area contributed by atoms with Crippen molar-refractivity contribution in [3.8, 4) is 0 Å². The van der Waals surface area contributed by atoms with E-state index >= 15 is 0 Å². The van der Waals surface area contributed by atoms with Gasteiger partial charge >= 0.3 is 0 Å². The summed E-state index contributed by atoms with van der Waals surface area (Å²) < 4.78 is 5.49. The van der Waals surface area contributed by atoms with Crippen LogP contribution in [0.4, 0.5) is 17.1 Å². The van der Waals surface area contributed by atoms with Crippen molar-refractivity contribution in [2.45, 2.75) is 32.3 Å². The summed E-state index contributed by atoms with van der Waals surface area (Å²) in [5.41, 5.74) is 0.431. The van der Waals surface area contributed by atoms with Gasteiger partial charge in [0.2, 0.25) is 11.8 Å². The van der Waals surface area contributed by atoms with E-state index in [0.29, 0.717) is 18.8 Å². The van der Waals surface area contributed by atoms with E-state index in [0.717, 1.165) is 17.7 Å². The first-order chi connectivity index (χ1) is 11.5. The molecule has 0 aromatic heterocycles. The smallest absolute Gasteiger partial charge is 0.294 e. The number of anilines is 2. The van der Waals surface area contributed by atoms with Crippen LogP contribution < -0.4 is 10.2 Å². The molecule has 2 heterocycles. The van der Waals surface area contributed by atoms with Gasteiger partial charge in [-0.25, -0.2) is 0 Å². The summed E-state index contributed by atoms with van der Waals surface area (Å²) in [6, 6.07) is 4.36. The predicted molar refractivity (Wildman–Crippen MR) is 86.8 cm³/mol. The van der Waals surface area contributed by atoms with Gasteiger partial charge < -0.3 is 10.1 Å². The van der Waals surface area contributed by atoms with Crippen LogP contribution in [-0.4, -0.2) is 36.0 Å². The fourth-order valence-corrected chi connectivity index (χ4v) is 3.04. The monoisotopic (exact) mass is 333 g/mol. The SMILES string of the molecule is C[C@H]1CC(=O)N(c2ccc(NC[C@@H]3CCCO3)c([N+](=O)[O-])c2)C1=O. The molecule has 128 valence electrons. The average Bonchev–Trinajstić information content (AvgIpc) is 3.14. The first-order valence-corrected chi connectivity index (χ1v) is 7.98. The fraction of sp³-hybridized carbons (Fsp3) is 0.500. The van der Waals surface area contributed by atoms with Crippen molar-refractivity contribution in [3.05, 3.63) is 28.3 Å². The van der Waals surface area contributed by atoms with Gasteiger partial charge in [0.15, 0.2) is 0 Å². The zero-order chi connectivity index (χ0) is 17.3. The minimum atomic E-state index is -0.518. The molecule has 1 aromatic rings. The normalized spacial score (nSPS) is 23.8. The average molecular weight is 333 g/mol. The molecule has 2 aliphatic heterocycles. The maximum atomic E-state index is 12.1. The summed E-state index contributed by atoms with van der Waals surface area (Å²) in [5, 5.41) is 14.4. The number of nitrogens with zero attached hydrogens (tertiary/aromatic N) is 2. The molecule has 0 unspecified atom stereocenters. The molecule has 24 heavy (non-hydrogen) atoms. The van der Waals surface area contributed by atoms with Crippen LogP contribution in [0.25, 0.3) is 0 Å². The lowest BCUT2D eigenvalue weighted by Gasteiger charge is -2.16. The van der Waals surface area contributed by atoms with Crippen LogP contribution in [0.15, 0.2) is 18.2 Å². The molecule has 8 nitrogen and oxygen atoms in total. The van der Waals surface area contributed by atoms with E-state index in [2.05, 4.69) is 5.32 Å². The van der Waals surface area contributed by atoms with Crippen LogP contribution in [0.1, 0.15) is 26.2 Å². The molecular formula is C16H19N3O5. The Morgan fingerprint density at radius 1 is 1.42 bits per heavy atom. The molecule has 8 heteroatoms. The lowest BCUT2D eigenvalue weighted by Crippen LogP contribution is -2.30. The number of benzene rings is 1. The third-order valence-corrected chi connectivity index (χ3v) is 4.35. The Morgan fingerprint density at radius 2 is 2.21 bits per heavy atom. The Labute approximate surface area is 138 Å². The van der Waals surface area contributed by atoms with E-state index < -0.39 is 10.8 Å². The standard InChI is InChI=1S/C16H19N3O5/c1-10-7-15(20)18(16(10)21)11-4-5-13(14(8-11)19(22)23)17-9-12-3-2-6-24-12/h4-5,8,10,12,17H,2-3,6-7,9H2,1H3/t10-,12-/m0/s1. The summed E-state index contributed by atoms with van der Waals surface area (Å²) in [6.45, 7) is 2.87. The lowest BCUT2D eigenvalue weighted by molar-refractivity contribution is -0.383. The second-order valence-electron chi connectivity index (χ2n) is 6.15. The van der Waals surface area contributed by atoms with Crippen molar-refractivity contribution >= 4 is 28.9 Å². The number of nitro benzene ring substituents is 1. The van der Waals surface area contributed by atoms with Crippen molar-refractivity contribution in [2.75, 3.05) is 23.4 Å². The van der Waals surface area contributed by atoms with Crippen molar-refractivity contribution < 1.29 is 19.2 Å². The molecule has 0 saturated carbocycles. The van der Waals surface area contributed by atoms with Crippen LogP contribution in [0, 0.1) is 16.0 Å². The Kier molecular flexibility index (Phi) is 4.48. The van der Waals surface area contributed by atoms with Crippen molar-refractivity contribution in [1.82, 2.24) is 0 Å². The number of hydrogen-bond acceptors (Lipinski definition) is 6. The second kappa shape index (κ2) is 6.56. The molecule has 2 fully saturated rings.